The summed E-state index contributed by atoms with van der Waals surface area (Å²) in [5.74, 6) is 0. The van der Waals surface area contributed by atoms with E-state index in [1.54, 1.807) is 0 Å². The highest BCUT2D eigenvalue weighted by Crippen LogP contribution is 2.54. The normalized spacial score (nSPS) is 18.5. The maximum absolute atomic E-state index is 12.7. The summed E-state index contributed by atoms with van der Waals surface area (Å²) in [7, 11) is 0. The van der Waals surface area contributed by atoms with E-state index in [1.165, 1.54) is 20.8 Å². The van der Waals surface area contributed by atoms with Gasteiger partial charge in [-0.05, 0) is 33.6 Å². The van der Waals surface area contributed by atoms with Crippen LogP contribution in [0.5, 0.6) is 0 Å². The lowest BCUT2D eigenvalue weighted by Gasteiger charge is -2.28. The molecule has 8 heteroatoms. The summed E-state index contributed by atoms with van der Waals surface area (Å²) in [6.07, 6.45) is -6.72. The fourth-order valence-corrected chi connectivity index (χ4v) is 1.33. The Hall–Kier alpha value is -1.34. The minimum absolute atomic E-state index is 0.141. The van der Waals surface area contributed by atoms with Crippen molar-refractivity contribution >= 4 is 6.09 Å². The Labute approximate surface area is 95.8 Å². The lowest BCUT2D eigenvalue weighted by Crippen LogP contribution is -2.49. The highest BCUT2D eigenvalue weighted by atomic mass is 19.4. The molecule has 0 N–H and O–H groups in total. The number of hydrogen-bond donors (Lipinski definition) is 0. The number of amides is 1. The van der Waals surface area contributed by atoms with Gasteiger partial charge < -0.3 is 4.74 Å². The van der Waals surface area contributed by atoms with Crippen LogP contribution in [-0.4, -0.2) is 28.4 Å². The van der Waals surface area contributed by atoms with Crippen LogP contribution in [0, 0.1) is 4.91 Å². The molecule has 98 valence electrons. The van der Waals surface area contributed by atoms with Gasteiger partial charge in [-0.15, -0.1) is 9.92 Å². The number of nitroso groups, excluding NO2 is 1. The minimum atomic E-state index is -4.68. The molecule has 0 aromatic rings. The van der Waals surface area contributed by atoms with E-state index in [4.69, 9.17) is 4.74 Å². The van der Waals surface area contributed by atoms with Crippen LogP contribution in [0.4, 0.5) is 18.0 Å². The topological polar surface area (TPSA) is 59.0 Å². The number of alkyl halides is 3. The Bertz CT molecular complexity index is 331. The zero-order chi connectivity index (χ0) is 13.5. The Morgan fingerprint density at radius 2 is 1.76 bits per heavy atom. The first kappa shape index (κ1) is 13.7. The summed E-state index contributed by atoms with van der Waals surface area (Å²) in [6, 6.07) is 0. The molecular weight excluding hydrogens is 241 g/mol. The maximum Gasteiger partial charge on any atom is 0.434 e. The summed E-state index contributed by atoms with van der Waals surface area (Å²) < 4.78 is 42.7. The van der Waals surface area contributed by atoms with Gasteiger partial charge >= 0.3 is 12.3 Å². The van der Waals surface area contributed by atoms with Gasteiger partial charge in [-0.3, -0.25) is 0 Å². The molecule has 1 aliphatic carbocycles. The van der Waals surface area contributed by atoms with E-state index in [0.29, 0.717) is 0 Å². The zero-order valence-electron chi connectivity index (χ0n) is 9.67. The molecule has 0 unspecified atom stereocenters. The van der Waals surface area contributed by atoms with Crippen LogP contribution in [0.25, 0.3) is 0 Å². The van der Waals surface area contributed by atoms with Crippen LogP contribution in [0.2, 0.25) is 0 Å². The molecule has 0 spiro atoms. The van der Waals surface area contributed by atoms with Crippen molar-refractivity contribution in [2.45, 2.75) is 50.9 Å². The number of hydrogen-bond acceptors (Lipinski definition) is 4. The van der Waals surface area contributed by atoms with E-state index in [-0.39, 0.29) is 17.9 Å². The van der Waals surface area contributed by atoms with Crippen molar-refractivity contribution in [1.82, 2.24) is 5.01 Å². The van der Waals surface area contributed by atoms with Crippen molar-refractivity contribution < 1.29 is 22.7 Å². The van der Waals surface area contributed by atoms with Crippen molar-refractivity contribution in [3.05, 3.63) is 4.91 Å². The smallest absolute Gasteiger partial charge is 0.434 e. The zero-order valence-corrected chi connectivity index (χ0v) is 9.67. The van der Waals surface area contributed by atoms with E-state index in [0.717, 1.165) is 0 Å². The average Bonchev–Trinajstić information content (AvgIpc) is 2.81. The van der Waals surface area contributed by atoms with E-state index >= 15 is 0 Å². The molecule has 0 aromatic heterocycles. The van der Waals surface area contributed by atoms with Crippen LogP contribution in [0.1, 0.15) is 33.6 Å². The molecule has 0 bridgehead atoms. The summed E-state index contributed by atoms with van der Waals surface area (Å²) in [5, 5.41) is 2.02. The fraction of sp³-hybridized carbons (Fsp3) is 0.889. The molecule has 17 heavy (non-hydrogen) atoms. The molecule has 1 amide bonds. The number of halogens is 3. The molecule has 1 rings (SSSR count). The molecule has 0 aromatic carbocycles. The first-order chi connectivity index (χ1) is 7.53. The van der Waals surface area contributed by atoms with Crippen LogP contribution in [0.15, 0.2) is 5.29 Å². The number of carbonyl (C=O) groups excluding carboxylic acids is 1. The van der Waals surface area contributed by atoms with Crippen LogP contribution in [0.3, 0.4) is 0 Å². The molecule has 0 saturated heterocycles. The van der Waals surface area contributed by atoms with Gasteiger partial charge in [0.2, 0.25) is 0 Å². The highest BCUT2D eigenvalue weighted by Gasteiger charge is 2.70. The second-order valence-electron chi connectivity index (χ2n) is 4.90. The molecule has 0 aliphatic heterocycles. The first-order valence-corrected chi connectivity index (χ1v) is 4.97. The second-order valence-corrected chi connectivity index (χ2v) is 4.90. The van der Waals surface area contributed by atoms with Crippen LogP contribution >= 0.6 is 0 Å². The van der Waals surface area contributed by atoms with Gasteiger partial charge in [0.05, 0.1) is 5.29 Å². The minimum Gasteiger partial charge on any atom is -0.442 e. The average molecular weight is 254 g/mol. The lowest BCUT2D eigenvalue weighted by atomic mass is 10.2. The Kier molecular flexibility index (Phi) is 3.11. The molecule has 1 fully saturated rings. The van der Waals surface area contributed by atoms with Gasteiger partial charge in [0, 0.05) is 0 Å². The molecule has 1 saturated carbocycles. The molecule has 1 aliphatic rings. The third-order valence-corrected chi connectivity index (χ3v) is 2.30. The van der Waals surface area contributed by atoms with Crippen LogP contribution < -0.4 is 0 Å². The molecule has 0 atom stereocenters. The van der Waals surface area contributed by atoms with Gasteiger partial charge in [0.15, 0.2) is 5.54 Å². The van der Waals surface area contributed by atoms with E-state index < -0.39 is 23.4 Å². The standard InChI is InChI=1S/C9H13F3N2O3/c1-7(2,3)17-6(15)14(13-16)8(4-5-8)9(10,11)12/h4-5H2,1-3H3. The van der Waals surface area contributed by atoms with E-state index in [2.05, 4.69) is 5.29 Å². The first-order valence-electron chi connectivity index (χ1n) is 4.97. The van der Waals surface area contributed by atoms with Gasteiger partial charge in [-0.2, -0.15) is 13.2 Å². The van der Waals surface area contributed by atoms with Gasteiger partial charge in [-0.25, -0.2) is 4.79 Å². The largest absolute Gasteiger partial charge is 0.442 e. The lowest BCUT2D eigenvalue weighted by molar-refractivity contribution is -0.193. The molecule has 0 radical (unpaired) electrons. The second kappa shape index (κ2) is 3.85. The third-order valence-electron chi connectivity index (χ3n) is 2.30. The van der Waals surface area contributed by atoms with Crippen LogP contribution in [-0.2, 0) is 4.74 Å². The Balaban J connectivity index is 2.87. The molecular formula is C9H13F3N2O3. The fourth-order valence-electron chi connectivity index (χ4n) is 1.33. The van der Waals surface area contributed by atoms with E-state index in [9.17, 15) is 22.9 Å². The number of rotatable bonds is 2. The quantitative estimate of drug-likeness (QED) is 0.562. The Morgan fingerprint density at radius 3 is 2.00 bits per heavy atom. The predicted molar refractivity (Wildman–Crippen MR) is 51.9 cm³/mol. The molecule has 0 heterocycles. The van der Waals surface area contributed by atoms with Crippen molar-refractivity contribution in [3.8, 4) is 0 Å². The highest BCUT2D eigenvalue weighted by molar-refractivity contribution is 5.69. The summed E-state index contributed by atoms with van der Waals surface area (Å²) in [6.45, 7) is 4.46. The summed E-state index contributed by atoms with van der Waals surface area (Å²) in [5.41, 5.74) is -3.46. The number of carbonyl (C=O) groups is 1. The van der Waals surface area contributed by atoms with Gasteiger partial charge in [-0.1, -0.05) is 0 Å². The van der Waals surface area contributed by atoms with Crippen molar-refractivity contribution in [1.29, 1.82) is 0 Å². The monoisotopic (exact) mass is 254 g/mol. The van der Waals surface area contributed by atoms with Crippen molar-refractivity contribution in [2.75, 3.05) is 0 Å². The summed E-state index contributed by atoms with van der Waals surface area (Å²) >= 11 is 0. The molecule has 5 nitrogen and oxygen atoms in total. The van der Waals surface area contributed by atoms with Crippen molar-refractivity contribution in [3.63, 3.8) is 0 Å². The Morgan fingerprint density at radius 1 is 1.29 bits per heavy atom. The third kappa shape index (κ3) is 2.67. The predicted octanol–water partition coefficient (Wildman–Crippen LogP) is 3.00. The number of nitrogens with zero attached hydrogens (tertiary/aromatic N) is 2. The number of ether oxygens (including phenoxy) is 1. The van der Waals surface area contributed by atoms with Gasteiger partial charge in [0.25, 0.3) is 0 Å². The van der Waals surface area contributed by atoms with Gasteiger partial charge in [0.1, 0.15) is 5.60 Å². The SMILES string of the molecule is CC(C)(C)OC(=O)N(N=O)C1(C(F)(F)F)CC1. The van der Waals surface area contributed by atoms with Crippen molar-refractivity contribution in [2.24, 2.45) is 5.29 Å². The maximum atomic E-state index is 12.7. The van der Waals surface area contributed by atoms with E-state index in [1.807, 2.05) is 0 Å². The summed E-state index contributed by atoms with van der Waals surface area (Å²) in [4.78, 5) is 21.9.